The van der Waals surface area contributed by atoms with Crippen LogP contribution >= 0.6 is 0 Å². The summed E-state index contributed by atoms with van der Waals surface area (Å²) in [6.45, 7) is 11.1. The summed E-state index contributed by atoms with van der Waals surface area (Å²) in [5, 5.41) is 0. The van der Waals surface area contributed by atoms with E-state index in [9.17, 15) is 18.0 Å². The zero-order valence-corrected chi connectivity index (χ0v) is 18.4. The summed E-state index contributed by atoms with van der Waals surface area (Å²) in [6, 6.07) is 4.60. The molecular formula is C20H30N2O5S. The molecule has 0 aliphatic carbocycles. The smallest absolute Gasteiger partial charge is 0.338 e. The maximum Gasteiger partial charge on any atom is 0.338 e. The third kappa shape index (κ3) is 4.48. The normalized spacial score (nSPS) is 17.6. The lowest BCUT2D eigenvalue weighted by molar-refractivity contribution is -0.143. The van der Waals surface area contributed by atoms with Crippen molar-refractivity contribution in [2.45, 2.75) is 72.2 Å². The standard InChI is InChI=1S/C20H30N2O5S/c1-12(2)21(13(3)4)19(23)15(6)27-20(24)16-8-9-18-17(11-16)10-14(5)22(18)28(7,25)26/h8-9,11-15H,10H2,1-7H3/t14-,15+/m1/s1. The molecule has 2 atom stereocenters. The molecule has 8 heteroatoms. The quantitative estimate of drug-likeness (QED) is 0.673. The van der Waals surface area contributed by atoms with E-state index in [1.165, 1.54) is 16.6 Å². The molecule has 0 fully saturated rings. The lowest BCUT2D eigenvalue weighted by atomic mass is 10.1. The molecule has 28 heavy (non-hydrogen) atoms. The van der Waals surface area contributed by atoms with Crippen LogP contribution in [0.2, 0.25) is 0 Å². The van der Waals surface area contributed by atoms with Crippen molar-refractivity contribution in [3.63, 3.8) is 0 Å². The van der Waals surface area contributed by atoms with Gasteiger partial charge in [0.25, 0.3) is 5.91 Å². The second-order valence-electron chi connectivity index (χ2n) is 7.94. The van der Waals surface area contributed by atoms with Gasteiger partial charge in [-0.1, -0.05) is 0 Å². The first-order valence-corrected chi connectivity index (χ1v) is 11.3. The second kappa shape index (κ2) is 8.11. The summed E-state index contributed by atoms with van der Waals surface area (Å²) in [5.41, 5.74) is 1.67. The van der Waals surface area contributed by atoms with Gasteiger partial charge in [0.05, 0.1) is 17.5 Å². The summed E-state index contributed by atoms with van der Waals surface area (Å²) in [6.07, 6.45) is 0.785. The van der Waals surface area contributed by atoms with Crippen LogP contribution in [0.15, 0.2) is 18.2 Å². The van der Waals surface area contributed by atoms with Gasteiger partial charge in [-0.2, -0.15) is 0 Å². The first kappa shape index (κ1) is 22.2. The van der Waals surface area contributed by atoms with Gasteiger partial charge < -0.3 is 9.64 Å². The lowest BCUT2D eigenvalue weighted by Gasteiger charge is -2.32. The van der Waals surface area contributed by atoms with Gasteiger partial charge in [-0.25, -0.2) is 13.2 Å². The van der Waals surface area contributed by atoms with E-state index in [2.05, 4.69) is 0 Å². The van der Waals surface area contributed by atoms with Gasteiger partial charge >= 0.3 is 5.97 Å². The van der Waals surface area contributed by atoms with Gasteiger partial charge in [0.1, 0.15) is 0 Å². The molecule has 1 aromatic rings. The molecule has 0 spiro atoms. The Hall–Kier alpha value is -2.09. The Bertz CT molecular complexity index is 855. The third-order valence-corrected chi connectivity index (χ3v) is 6.10. The van der Waals surface area contributed by atoms with Crippen LogP contribution in [0.3, 0.4) is 0 Å². The minimum Gasteiger partial charge on any atom is -0.449 e. The summed E-state index contributed by atoms with van der Waals surface area (Å²) in [5.74, 6) is -0.835. The fraction of sp³-hybridized carbons (Fsp3) is 0.600. The molecule has 1 heterocycles. The number of carbonyl (C=O) groups excluding carboxylic acids is 2. The molecule has 156 valence electrons. The minimum absolute atomic E-state index is 0.00268. The molecular weight excluding hydrogens is 380 g/mol. The number of amides is 1. The molecule has 1 amide bonds. The molecule has 7 nitrogen and oxygen atoms in total. The third-order valence-electron chi connectivity index (χ3n) is 4.82. The van der Waals surface area contributed by atoms with Gasteiger partial charge in [-0.3, -0.25) is 9.10 Å². The van der Waals surface area contributed by atoms with E-state index in [0.29, 0.717) is 17.7 Å². The van der Waals surface area contributed by atoms with Crippen molar-refractivity contribution in [1.29, 1.82) is 0 Å². The van der Waals surface area contributed by atoms with E-state index in [0.717, 1.165) is 5.56 Å². The number of sulfonamides is 1. The second-order valence-corrected chi connectivity index (χ2v) is 9.80. The van der Waals surface area contributed by atoms with E-state index < -0.39 is 22.1 Å². The summed E-state index contributed by atoms with van der Waals surface area (Å²) in [7, 11) is -3.39. The number of fused-ring (bicyclic) bond motifs is 1. The maximum absolute atomic E-state index is 12.7. The Kier molecular flexibility index (Phi) is 6.43. The summed E-state index contributed by atoms with van der Waals surface area (Å²) in [4.78, 5) is 26.9. The monoisotopic (exact) mass is 410 g/mol. The van der Waals surface area contributed by atoms with Gasteiger partial charge in [0.2, 0.25) is 10.0 Å². The van der Waals surface area contributed by atoms with E-state index in [1.807, 2.05) is 34.6 Å². The number of benzene rings is 1. The number of hydrogen-bond acceptors (Lipinski definition) is 5. The van der Waals surface area contributed by atoms with Gasteiger partial charge in [-0.05, 0) is 71.7 Å². The van der Waals surface area contributed by atoms with E-state index in [-0.39, 0.29) is 24.0 Å². The predicted molar refractivity (Wildman–Crippen MR) is 109 cm³/mol. The number of anilines is 1. The highest BCUT2D eigenvalue weighted by atomic mass is 32.2. The van der Waals surface area contributed by atoms with Crippen molar-refractivity contribution in [3.05, 3.63) is 29.3 Å². The van der Waals surface area contributed by atoms with Crippen molar-refractivity contribution in [2.24, 2.45) is 0 Å². The Morgan fingerprint density at radius 2 is 1.71 bits per heavy atom. The van der Waals surface area contributed by atoms with E-state index in [4.69, 9.17) is 4.74 Å². The molecule has 1 aromatic carbocycles. The Balaban J connectivity index is 2.19. The van der Waals surface area contributed by atoms with Crippen LogP contribution in [0.25, 0.3) is 0 Å². The fourth-order valence-electron chi connectivity index (χ4n) is 3.83. The van der Waals surface area contributed by atoms with Crippen molar-refractivity contribution in [1.82, 2.24) is 4.90 Å². The highest BCUT2D eigenvalue weighted by molar-refractivity contribution is 7.92. The molecule has 0 saturated carbocycles. The Labute approximate surface area is 167 Å². The number of nitrogens with zero attached hydrogens (tertiary/aromatic N) is 2. The average Bonchev–Trinajstić information content (AvgIpc) is 2.88. The summed E-state index contributed by atoms with van der Waals surface area (Å²) >= 11 is 0. The SMILES string of the molecule is CC(C)N(C(=O)[C@H](C)OC(=O)c1ccc2c(c1)C[C@@H](C)N2S(C)(=O)=O)C(C)C. The van der Waals surface area contributed by atoms with Gasteiger partial charge in [0.15, 0.2) is 6.10 Å². The molecule has 0 bridgehead atoms. The molecule has 0 N–H and O–H groups in total. The Morgan fingerprint density at radius 1 is 1.14 bits per heavy atom. The van der Waals surface area contributed by atoms with Crippen LogP contribution in [0, 0.1) is 0 Å². The van der Waals surface area contributed by atoms with E-state index in [1.54, 1.807) is 24.0 Å². The van der Waals surface area contributed by atoms with Gasteiger partial charge in [-0.15, -0.1) is 0 Å². The average molecular weight is 411 g/mol. The zero-order valence-electron chi connectivity index (χ0n) is 17.6. The first-order valence-electron chi connectivity index (χ1n) is 9.50. The fourth-order valence-corrected chi connectivity index (χ4v) is 5.09. The topological polar surface area (TPSA) is 84.0 Å². The zero-order chi connectivity index (χ0) is 21.4. The van der Waals surface area contributed by atoms with Gasteiger partial charge in [0, 0.05) is 18.1 Å². The maximum atomic E-state index is 12.7. The largest absolute Gasteiger partial charge is 0.449 e. The molecule has 0 unspecified atom stereocenters. The van der Waals surface area contributed by atoms with Crippen LogP contribution in [0.4, 0.5) is 5.69 Å². The van der Waals surface area contributed by atoms with Crippen molar-refractivity contribution >= 4 is 27.6 Å². The van der Waals surface area contributed by atoms with Crippen LogP contribution in [0.5, 0.6) is 0 Å². The highest BCUT2D eigenvalue weighted by Gasteiger charge is 2.33. The number of carbonyl (C=O) groups is 2. The minimum atomic E-state index is -3.39. The highest BCUT2D eigenvalue weighted by Crippen LogP contribution is 2.34. The van der Waals surface area contributed by atoms with Crippen molar-refractivity contribution in [2.75, 3.05) is 10.6 Å². The Morgan fingerprint density at radius 3 is 2.21 bits per heavy atom. The van der Waals surface area contributed by atoms with Crippen molar-refractivity contribution in [3.8, 4) is 0 Å². The lowest BCUT2D eigenvalue weighted by Crippen LogP contribution is -2.47. The van der Waals surface area contributed by atoms with Crippen LogP contribution in [0.1, 0.15) is 57.5 Å². The molecule has 0 saturated heterocycles. The van der Waals surface area contributed by atoms with E-state index >= 15 is 0 Å². The first-order chi connectivity index (χ1) is 12.8. The van der Waals surface area contributed by atoms with Crippen LogP contribution in [-0.2, 0) is 26.0 Å². The van der Waals surface area contributed by atoms with Crippen LogP contribution in [-0.4, -0.2) is 55.7 Å². The number of esters is 1. The predicted octanol–water partition coefficient (Wildman–Crippen LogP) is 2.59. The molecule has 2 rings (SSSR count). The molecule has 1 aliphatic heterocycles. The molecule has 0 radical (unpaired) electrons. The summed E-state index contributed by atoms with van der Waals surface area (Å²) < 4.78 is 30.8. The molecule has 1 aliphatic rings. The number of rotatable bonds is 6. The molecule has 0 aromatic heterocycles. The number of ether oxygens (including phenoxy) is 1. The van der Waals surface area contributed by atoms with Crippen molar-refractivity contribution < 1.29 is 22.7 Å². The van der Waals surface area contributed by atoms with Crippen LogP contribution < -0.4 is 4.31 Å². The number of hydrogen-bond donors (Lipinski definition) is 0.